The molecule has 0 spiro atoms. The van der Waals surface area contributed by atoms with Crippen LogP contribution in [0.3, 0.4) is 0 Å². The lowest BCUT2D eigenvalue weighted by molar-refractivity contribution is -0.142. The molecule has 3 aromatic rings. The first-order chi connectivity index (χ1) is 26.5. The molecule has 1 aliphatic heterocycles. The molecule has 0 saturated carbocycles. The summed E-state index contributed by atoms with van der Waals surface area (Å²) in [7, 11) is -7.73. The maximum atomic E-state index is 14.2. The third kappa shape index (κ3) is 14.1. The Labute approximate surface area is 333 Å². The van der Waals surface area contributed by atoms with Crippen LogP contribution in [0.1, 0.15) is 48.8 Å². The largest absolute Gasteiger partial charge is 0.372 e. The van der Waals surface area contributed by atoms with Crippen LogP contribution in [0.15, 0.2) is 83.8 Å². The van der Waals surface area contributed by atoms with E-state index in [2.05, 4.69) is 15.4 Å². The predicted octanol–water partition coefficient (Wildman–Crippen LogP) is 1.57. The third-order valence-electron chi connectivity index (χ3n) is 9.22. The van der Waals surface area contributed by atoms with Crippen LogP contribution in [0.2, 0.25) is 5.02 Å². The van der Waals surface area contributed by atoms with Crippen LogP contribution < -0.4 is 26.2 Å². The number of sulfonamides is 2. The molecule has 0 bridgehead atoms. The Bertz CT molecular complexity index is 2020. The highest BCUT2D eigenvalue weighted by atomic mass is 35.5. The Hall–Kier alpha value is -4.23. The van der Waals surface area contributed by atoms with Crippen molar-refractivity contribution < 1.29 is 40.8 Å². The zero-order valence-corrected chi connectivity index (χ0v) is 33.5. The molecule has 1 fully saturated rings. The normalized spacial score (nSPS) is 16.9. The molecule has 1 aliphatic rings. The van der Waals surface area contributed by atoms with E-state index in [0.717, 1.165) is 17.4 Å². The highest BCUT2D eigenvalue weighted by Crippen LogP contribution is 2.25. The Balaban J connectivity index is 1.51. The number of likely N-dealkylation sites (tertiary alicyclic amines) is 1. The average Bonchev–Trinajstić information content (AvgIpc) is 3.59. The zero-order chi connectivity index (χ0) is 40.9. The number of ketones is 1. The molecule has 3 amide bonds. The summed E-state index contributed by atoms with van der Waals surface area (Å²) in [5, 5.41) is 10.9. The van der Waals surface area contributed by atoms with E-state index in [9.17, 15) is 36.0 Å². The summed E-state index contributed by atoms with van der Waals surface area (Å²) < 4.78 is 56.6. The number of Topliss-reactive ketones (excluding diaryl/α,β-unsaturated/α-hetero) is 1. The molecule has 1 saturated heterocycles. The molecule has 0 aliphatic carbocycles. The molecule has 18 heteroatoms. The maximum absolute atomic E-state index is 14.2. The number of halogens is 1. The number of unbranched alkanes of at least 4 members (excludes halogenated alkanes) is 1. The van der Waals surface area contributed by atoms with Crippen LogP contribution in [0.4, 0.5) is 0 Å². The van der Waals surface area contributed by atoms with E-state index in [0.29, 0.717) is 36.4 Å². The van der Waals surface area contributed by atoms with Gasteiger partial charge in [0, 0.05) is 24.5 Å². The summed E-state index contributed by atoms with van der Waals surface area (Å²) >= 11 is 6.02. The van der Waals surface area contributed by atoms with Crippen molar-refractivity contribution in [2.24, 2.45) is 10.9 Å². The highest BCUT2D eigenvalue weighted by Gasteiger charge is 2.43. The number of ether oxygens (including phenoxy) is 1. The second-order valence-corrected chi connectivity index (χ2v) is 17.5. The first-order valence-electron chi connectivity index (χ1n) is 18.2. The molecular weight excluding hydrogens is 784 g/mol. The fourth-order valence-electron chi connectivity index (χ4n) is 6.29. The average molecular weight is 833 g/mol. The molecule has 56 heavy (non-hydrogen) atoms. The Morgan fingerprint density at radius 1 is 0.857 bits per heavy atom. The fraction of sp³-hybridized carbons (Fsp3) is 0.421. The molecule has 1 heterocycles. The summed E-state index contributed by atoms with van der Waals surface area (Å²) in [6.45, 7) is 0.467. The monoisotopic (exact) mass is 832 g/mol. The number of primary sulfonamides is 1. The maximum Gasteiger partial charge on any atom is 0.289 e. The third-order valence-corrected chi connectivity index (χ3v) is 11.1. The van der Waals surface area contributed by atoms with Crippen LogP contribution in [0, 0.1) is 0 Å². The number of carbonyl (C=O) groups is 4. The van der Waals surface area contributed by atoms with E-state index in [1.54, 1.807) is 36.4 Å². The number of nitrogens with two attached hydrogens (primary N) is 2. The van der Waals surface area contributed by atoms with Crippen molar-refractivity contribution in [2.75, 3.05) is 25.9 Å². The van der Waals surface area contributed by atoms with Gasteiger partial charge in [0.05, 0.1) is 29.9 Å². The molecule has 0 aromatic heterocycles. The van der Waals surface area contributed by atoms with Gasteiger partial charge in [-0.1, -0.05) is 66.2 Å². The van der Waals surface area contributed by atoms with Gasteiger partial charge in [0.25, 0.3) is 5.91 Å². The van der Waals surface area contributed by atoms with E-state index in [1.807, 2.05) is 30.3 Å². The lowest BCUT2D eigenvalue weighted by Crippen LogP contribution is -2.56. The Morgan fingerprint density at radius 2 is 1.50 bits per heavy atom. The highest BCUT2D eigenvalue weighted by molar-refractivity contribution is 7.89. The quantitative estimate of drug-likeness (QED) is 0.0767. The molecule has 4 atom stereocenters. The Kier molecular flexibility index (Phi) is 16.5. The van der Waals surface area contributed by atoms with Crippen LogP contribution >= 0.6 is 11.6 Å². The van der Waals surface area contributed by atoms with Gasteiger partial charge >= 0.3 is 0 Å². The second kappa shape index (κ2) is 20.8. The van der Waals surface area contributed by atoms with Gasteiger partial charge in [-0.2, -0.15) is 0 Å². The summed E-state index contributed by atoms with van der Waals surface area (Å²) in [5.41, 5.74) is 8.05. The van der Waals surface area contributed by atoms with E-state index < -0.39 is 67.8 Å². The van der Waals surface area contributed by atoms with Crippen LogP contribution in [0.5, 0.6) is 0 Å². The first-order valence-corrected chi connectivity index (χ1v) is 22.0. The zero-order valence-electron chi connectivity index (χ0n) is 31.1. The van der Waals surface area contributed by atoms with Crippen LogP contribution in [-0.4, -0.2) is 95.4 Å². The minimum absolute atomic E-state index is 0.0373. The minimum atomic E-state index is -3.87. The number of nitrogens with one attached hydrogen (secondary N) is 3. The van der Waals surface area contributed by atoms with Crippen molar-refractivity contribution >= 4 is 55.2 Å². The molecule has 4 rings (SSSR count). The predicted molar refractivity (Wildman–Crippen MR) is 211 cm³/mol. The van der Waals surface area contributed by atoms with Crippen molar-refractivity contribution in [1.29, 1.82) is 0 Å². The van der Waals surface area contributed by atoms with Crippen LogP contribution in [0.25, 0.3) is 0 Å². The lowest BCUT2D eigenvalue weighted by atomic mass is 10.0. The van der Waals surface area contributed by atoms with Crippen molar-refractivity contribution in [2.45, 2.75) is 80.7 Å². The van der Waals surface area contributed by atoms with Gasteiger partial charge < -0.3 is 26.0 Å². The minimum Gasteiger partial charge on any atom is -0.372 e. The lowest BCUT2D eigenvalue weighted by Gasteiger charge is -2.29. The molecule has 15 nitrogen and oxygen atoms in total. The van der Waals surface area contributed by atoms with Gasteiger partial charge in [-0.15, -0.1) is 0 Å². The van der Waals surface area contributed by atoms with E-state index in [1.165, 1.54) is 17.0 Å². The van der Waals surface area contributed by atoms with Gasteiger partial charge in [-0.3, -0.25) is 19.2 Å². The SMILES string of the molecule is CS(=O)(=O)N[C@H](CCc1ccccc1)C(=O)N1C[C@H](OCc2ccc(Cl)cc2)C[C@H]1C(=O)N[C@@H](CCCCN)C(=O)C(=O)NCCc1ccc(S(N)(=O)=O)cc1. The number of hydrogen-bond donors (Lipinski definition) is 5. The number of rotatable bonds is 21. The number of nitrogens with zero attached hydrogens (tertiary/aromatic N) is 1. The standard InChI is InChI=1S/C38H49ClN6O9S2/c1-55(50,51)44-33(19-14-26-7-3-2-4-8-26)38(49)45-24-30(54-25-28-10-15-29(39)16-11-28)23-34(45)36(47)43-32(9-5-6-21-40)35(46)37(48)42-22-20-27-12-17-31(18-13-27)56(41,52)53/h2-4,7-8,10-13,15-18,30,32-34,44H,5-6,9,14,19-25,40H2,1H3,(H,42,48)(H,43,47)(H2,41,52,53)/t30-,32+,33-,34+/m1/s1. The van der Waals surface area contributed by atoms with Crippen molar-refractivity contribution in [3.63, 3.8) is 0 Å². The smallest absolute Gasteiger partial charge is 0.289 e. The number of amides is 3. The molecule has 3 aromatic carbocycles. The van der Waals surface area contributed by atoms with E-state index >= 15 is 0 Å². The Morgan fingerprint density at radius 3 is 2.12 bits per heavy atom. The second-order valence-electron chi connectivity index (χ2n) is 13.7. The van der Waals surface area contributed by atoms with Gasteiger partial charge in [-0.05, 0) is 86.0 Å². The van der Waals surface area contributed by atoms with Gasteiger partial charge in [0.2, 0.25) is 37.6 Å². The number of hydrogen-bond acceptors (Lipinski definition) is 10. The topological polar surface area (TPSA) is 237 Å². The van der Waals surface area contributed by atoms with E-state index in [-0.39, 0.29) is 50.3 Å². The molecular formula is C38H49ClN6O9S2. The summed E-state index contributed by atoms with van der Waals surface area (Å²) in [4.78, 5) is 56.1. The molecule has 304 valence electrons. The summed E-state index contributed by atoms with van der Waals surface area (Å²) in [6.07, 6.45) is 2.13. The summed E-state index contributed by atoms with van der Waals surface area (Å²) in [5.74, 6) is -3.17. The van der Waals surface area contributed by atoms with Crippen molar-refractivity contribution in [1.82, 2.24) is 20.3 Å². The fourth-order valence-corrected chi connectivity index (χ4v) is 7.67. The molecule has 7 N–H and O–H groups in total. The van der Waals surface area contributed by atoms with Gasteiger partial charge in [0.1, 0.15) is 12.1 Å². The number of benzene rings is 3. The molecule has 0 unspecified atom stereocenters. The number of carbonyl (C=O) groups excluding carboxylic acids is 4. The summed E-state index contributed by atoms with van der Waals surface area (Å²) in [6, 6.07) is 18.4. The first kappa shape index (κ1) is 44.5. The van der Waals surface area contributed by atoms with Crippen molar-refractivity contribution in [3.8, 4) is 0 Å². The van der Waals surface area contributed by atoms with Crippen molar-refractivity contribution in [3.05, 3.63) is 101 Å². The molecule has 0 radical (unpaired) electrons. The number of aryl methyl sites for hydroxylation is 1. The van der Waals surface area contributed by atoms with Gasteiger partial charge in [-0.25, -0.2) is 26.7 Å². The van der Waals surface area contributed by atoms with Gasteiger partial charge in [0.15, 0.2) is 0 Å². The van der Waals surface area contributed by atoms with E-state index in [4.69, 9.17) is 27.2 Å². The van der Waals surface area contributed by atoms with Crippen LogP contribution in [-0.2, 0) is 63.4 Å².